The first kappa shape index (κ1) is 13.7. The van der Waals surface area contributed by atoms with E-state index in [1.807, 2.05) is 6.07 Å². The molecule has 0 N–H and O–H groups in total. The third kappa shape index (κ3) is 2.53. The Morgan fingerprint density at radius 1 is 1.16 bits per heavy atom. The molecule has 6 heteroatoms. The molecule has 1 aromatic carbocycles. The van der Waals surface area contributed by atoms with Crippen LogP contribution in [0.5, 0.6) is 0 Å². The van der Waals surface area contributed by atoms with Gasteiger partial charge in [-0.25, -0.2) is 14.6 Å². The second-order valence-corrected chi connectivity index (χ2v) is 4.83. The average Bonchev–Trinajstić information content (AvgIpc) is 2.44. The van der Waals surface area contributed by atoms with Gasteiger partial charge in [0.25, 0.3) is 0 Å². The van der Waals surface area contributed by atoms with Gasteiger partial charge >= 0.3 is 11.9 Å². The van der Waals surface area contributed by atoms with Crippen LogP contribution in [0.15, 0.2) is 24.3 Å². The van der Waals surface area contributed by atoms with Gasteiger partial charge in [-0.2, -0.15) is 0 Å². The smallest absolute Gasteiger partial charge is 0.356 e. The molecule has 0 unspecified atom stereocenters. The molecule has 19 heavy (non-hydrogen) atoms. The molecule has 0 atom stereocenters. The topological polar surface area (TPSA) is 65.5 Å². The fourth-order valence-corrected chi connectivity index (χ4v) is 2.50. The van der Waals surface area contributed by atoms with Crippen LogP contribution in [0.3, 0.4) is 0 Å². The molecule has 1 heterocycles. The number of carbonyl (C=O) groups excluding carboxylic acids is 2. The molecule has 98 valence electrons. The summed E-state index contributed by atoms with van der Waals surface area (Å²) in [5, 5.41) is 0.669. The Bertz CT molecular complexity index is 669. The predicted molar refractivity (Wildman–Crippen MR) is 77.1 cm³/mol. The normalized spacial score (nSPS) is 10.3. The molecule has 0 aliphatic carbocycles. The minimum absolute atomic E-state index is 0.0809. The summed E-state index contributed by atoms with van der Waals surface area (Å²) in [4.78, 5) is 27.6. The summed E-state index contributed by atoms with van der Waals surface area (Å²) >= 11 is 2.11. The van der Waals surface area contributed by atoms with Gasteiger partial charge in [-0.05, 0) is 40.8 Å². The highest BCUT2D eigenvalue weighted by atomic mass is 127. The Balaban J connectivity index is 2.80. The first-order valence-electron chi connectivity index (χ1n) is 5.34. The van der Waals surface area contributed by atoms with E-state index in [9.17, 15) is 9.59 Å². The fraction of sp³-hybridized carbons (Fsp3) is 0.154. The predicted octanol–water partition coefficient (Wildman–Crippen LogP) is 2.41. The minimum Gasteiger partial charge on any atom is -0.465 e. The lowest BCUT2D eigenvalue weighted by atomic mass is 10.1. The lowest BCUT2D eigenvalue weighted by molar-refractivity contribution is 0.0594. The van der Waals surface area contributed by atoms with Crippen LogP contribution in [-0.2, 0) is 9.47 Å². The Hall–Kier alpha value is -1.70. The number of ether oxygens (including phenoxy) is 2. The number of methoxy groups -OCH3 is 2. The maximum atomic E-state index is 11.8. The lowest BCUT2D eigenvalue weighted by Crippen LogP contribution is -2.10. The second kappa shape index (κ2) is 5.52. The highest BCUT2D eigenvalue weighted by Crippen LogP contribution is 2.25. The summed E-state index contributed by atoms with van der Waals surface area (Å²) in [5.41, 5.74) is 0.936. The Labute approximate surface area is 123 Å². The number of nitrogens with zero attached hydrogens (tertiary/aromatic N) is 1. The fourth-order valence-electron chi connectivity index (χ4n) is 1.72. The molecular formula is C13H10INO4. The summed E-state index contributed by atoms with van der Waals surface area (Å²) in [7, 11) is 2.56. The third-order valence-corrected chi connectivity index (χ3v) is 3.48. The van der Waals surface area contributed by atoms with Gasteiger partial charge in [-0.3, -0.25) is 0 Å². The number of hydrogen-bond acceptors (Lipinski definition) is 5. The van der Waals surface area contributed by atoms with Crippen molar-refractivity contribution in [3.8, 4) is 0 Å². The number of pyridine rings is 1. The monoisotopic (exact) mass is 371 g/mol. The number of fused-ring (bicyclic) bond motifs is 1. The Morgan fingerprint density at radius 2 is 1.84 bits per heavy atom. The SMILES string of the molecule is COC(=O)c1cc(C(=O)OC)c2c(I)cccc2n1. The van der Waals surface area contributed by atoms with Crippen molar-refractivity contribution in [1.29, 1.82) is 0 Å². The van der Waals surface area contributed by atoms with Crippen LogP contribution in [0, 0.1) is 3.57 Å². The molecule has 0 radical (unpaired) electrons. The van der Waals surface area contributed by atoms with Crippen LogP contribution in [0.1, 0.15) is 20.8 Å². The van der Waals surface area contributed by atoms with Crippen molar-refractivity contribution in [2.24, 2.45) is 0 Å². The zero-order valence-electron chi connectivity index (χ0n) is 10.3. The quantitative estimate of drug-likeness (QED) is 0.599. The van der Waals surface area contributed by atoms with Crippen molar-refractivity contribution >= 4 is 45.4 Å². The summed E-state index contributed by atoms with van der Waals surface area (Å²) in [6, 6.07) is 6.78. The summed E-state index contributed by atoms with van der Waals surface area (Å²) < 4.78 is 10.2. The first-order chi connectivity index (χ1) is 9.08. The van der Waals surface area contributed by atoms with Crippen LogP contribution < -0.4 is 0 Å². The van der Waals surface area contributed by atoms with E-state index in [0.717, 1.165) is 3.57 Å². The maximum Gasteiger partial charge on any atom is 0.356 e. The van der Waals surface area contributed by atoms with E-state index in [1.165, 1.54) is 20.3 Å². The van der Waals surface area contributed by atoms with E-state index >= 15 is 0 Å². The van der Waals surface area contributed by atoms with Crippen LogP contribution in [0.2, 0.25) is 0 Å². The number of esters is 2. The summed E-state index contributed by atoms with van der Waals surface area (Å²) in [6.45, 7) is 0. The molecule has 0 fully saturated rings. The Morgan fingerprint density at radius 3 is 2.47 bits per heavy atom. The van der Waals surface area contributed by atoms with Crippen molar-refractivity contribution in [2.75, 3.05) is 14.2 Å². The van der Waals surface area contributed by atoms with Crippen molar-refractivity contribution in [3.63, 3.8) is 0 Å². The van der Waals surface area contributed by atoms with Crippen molar-refractivity contribution < 1.29 is 19.1 Å². The van der Waals surface area contributed by atoms with Crippen LogP contribution in [0.4, 0.5) is 0 Å². The molecule has 0 saturated carbocycles. The van der Waals surface area contributed by atoms with E-state index in [2.05, 4.69) is 32.3 Å². The van der Waals surface area contributed by atoms with Crippen molar-refractivity contribution in [1.82, 2.24) is 4.98 Å². The van der Waals surface area contributed by atoms with Gasteiger partial charge in [0.05, 0.1) is 25.3 Å². The molecule has 0 aliphatic rings. The third-order valence-electron chi connectivity index (χ3n) is 2.58. The van der Waals surface area contributed by atoms with Crippen LogP contribution in [-0.4, -0.2) is 31.1 Å². The maximum absolute atomic E-state index is 11.8. The van der Waals surface area contributed by atoms with E-state index < -0.39 is 11.9 Å². The average molecular weight is 371 g/mol. The molecule has 2 aromatic rings. The molecule has 0 spiro atoms. The van der Waals surface area contributed by atoms with Gasteiger partial charge in [0.2, 0.25) is 0 Å². The van der Waals surface area contributed by atoms with Crippen molar-refractivity contribution in [2.45, 2.75) is 0 Å². The minimum atomic E-state index is -0.592. The summed E-state index contributed by atoms with van der Waals surface area (Å²) in [6.07, 6.45) is 0. The molecule has 0 amide bonds. The second-order valence-electron chi connectivity index (χ2n) is 3.67. The van der Waals surface area contributed by atoms with E-state index in [4.69, 9.17) is 4.74 Å². The lowest BCUT2D eigenvalue weighted by Gasteiger charge is -2.08. The standard InChI is InChI=1S/C13H10INO4/c1-18-12(16)7-6-10(13(17)19-2)15-9-5-3-4-8(14)11(7)9/h3-6H,1-2H3. The highest BCUT2D eigenvalue weighted by molar-refractivity contribution is 14.1. The van der Waals surface area contributed by atoms with Gasteiger partial charge in [-0.15, -0.1) is 0 Å². The highest BCUT2D eigenvalue weighted by Gasteiger charge is 2.18. The molecular weight excluding hydrogens is 361 g/mol. The zero-order chi connectivity index (χ0) is 14.0. The molecule has 1 aromatic heterocycles. The van der Waals surface area contributed by atoms with Gasteiger partial charge in [-0.1, -0.05) is 6.07 Å². The van der Waals surface area contributed by atoms with Crippen LogP contribution >= 0.6 is 22.6 Å². The van der Waals surface area contributed by atoms with E-state index in [1.54, 1.807) is 12.1 Å². The Kier molecular flexibility index (Phi) is 3.98. The van der Waals surface area contributed by atoms with Gasteiger partial charge < -0.3 is 9.47 Å². The van der Waals surface area contributed by atoms with Crippen LogP contribution in [0.25, 0.3) is 10.9 Å². The molecule has 2 rings (SSSR count). The zero-order valence-corrected chi connectivity index (χ0v) is 12.4. The number of rotatable bonds is 2. The van der Waals surface area contributed by atoms with Crippen molar-refractivity contribution in [3.05, 3.63) is 39.1 Å². The number of halogens is 1. The molecule has 0 bridgehead atoms. The molecule has 0 saturated heterocycles. The first-order valence-corrected chi connectivity index (χ1v) is 6.42. The largest absolute Gasteiger partial charge is 0.465 e. The molecule has 0 aliphatic heterocycles. The number of carbonyl (C=O) groups is 2. The summed E-state index contributed by atoms with van der Waals surface area (Å²) in [5.74, 6) is -1.10. The number of hydrogen-bond donors (Lipinski definition) is 0. The van der Waals surface area contributed by atoms with E-state index in [-0.39, 0.29) is 5.69 Å². The molecule has 5 nitrogen and oxygen atoms in total. The van der Waals surface area contributed by atoms with Gasteiger partial charge in [0.1, 0.15) is 5.69 Å². The van der Waals surface area contributed by atoms with E-state index in [0.29, 0.717) is 16.5 Å². The van der Waals surface area contributed by atoms with Gasteiger partial charge in [0, 0.05) is 8.96 Å². The number of benzene rings is 1. The number of aromatic nitrogens is 1. The van der Waals surface area contributed by atoms with Gasteiger partial charge in [0.15, 0.2) is 0 Å².